The Bertz CT molecular complexity index is 1080. The number of benzene rings is 1. The van der Waals surface area contributed by atoms with Gasteiger partial charge in [0.05, 0.1) is 4.90 Å². The maximum atomic E-state index is 13.3. The van der Waals surface area contributed by atoms with Gasteiger partial charge in [0, 0.05) is 44.6 Å². The van der Waals surface area contributed by atoms with E-state index in [1.807, 2.05) is 11.0 Å². The third-order valence-corrected chi connectivity index (χ3v) is 6.78. The molecular weight excluding hydrogens is 383 g/mol. The number of rotatable bonds is 4. The van der Waals surface area contributed by atoms with Crippen molar-refractivity contribution in [3.8, 4) is 5.82 Å². The van der Waals surface area contributed by atoms with E-state index < -0.39 is 15.8 Å². The highest BCUT2D eigenvalue weighted by Gasteiger charge is 2.30. The van der Waals surface area contributed by atoms with E-state index in [0.29, 0.717) is 37.6 Å². The van der Waals surface area contributed by atoms with Crippen molar-refractivity contribution in [3.05, 3.63) is 60.7 Å². The number of hydrogen-bond acceptors (Lipinski definition) is 6. The molecule has 146 valence electrons. The van der Waals surface area contributed by atoms with Crippen LogP contribution >= 0.6 is 0 Å². The number of aromatic nitrogens is 4. The average molecular weight is 402 g/mol. The number of piperazine rings is 1. The third-order valence-electron chi connectivity index (χ3n) is 4.72. The SMILES string of the molecule is Cc1cc(F)ccc1S(=O)(=O)N1CCN(c2cc(-n3ccnc3)ncn2)CC1. The van der Waals surface area contributed by atoms with Crippen LogP contribution in [0.4, 0.5) is 10.2 Å². The van der Waals surface area contributed by atoms with E-state index in [-0.39, 0.29) is 4.90 Å². The Morgan fingerprint density at radius 3 is 2.46 bits per heavy atom. The summed E-state index contributed by atoms with van der Waals surface area (Å²) in [7, 11) is -3.66. The number of sulfonamides is 1. The van der Waals surface area contributed by atoms with Crippen LogP contribution in [0.5, 0.6) is 0 Å². The fourth-order valence-corrected chi connectivity index (χ4v) is 4.87. The van der Waals surface area contributed by atoms with Crippen molar-refractivity contribution in [2.75, 3.05) is 31.1 Å². The second-order valence-electron chi connectivity index (χ2n) is 6.51. The van der Waals surface area contributed by atoms with Crippen molar-refractivity contribution < 1.29 is 12.8 Å². The quantitative estimate of drug-likeness (QED) is 0.659. The van der Waals surface area contributed by atoms with Crippen molar-refractivity contribution in [2.24, 2.45) is 0 Å². The van der Waals surface area contributed by atoms with Crippen LogP contribution in [-0.4, -0.2) is 58.4 Å². The molecule has 3 aromatic rings. The molecule has 0 atom stereocenters. The molecule has 0 saturated carbocycles. The first kappa shape index (κ1) is 18.5. The summed E-state index contributed by atoms with van der Waals surface area (Å²) >= 11 is 0. The van der Waals surface area contributed by atoms with Gasteiger partial charge >= 0.3 is 0 Å². The lowest BCUT2D eigenvalue weighted by Gasteiger charge is -2.34. The number of nitrogens with zero attached hydrogens (tertiary/aromatic N) is 6. The number of halogens is 1. The van der Waals surface area contributed by atoms with Crippen molar-refractivity contribution in [1.29, 1.82) is 0 Å². The summed E-state index contributed by atoms with van der Waals surface area (Å²) in [5.41, 5.74) is 0.406. The molecular formula is C18H19FN6O2S. The van der Waals surface area contributed by atoms with Gasteiger partial charge in [0.15, 0.2) is 0 Å². The van der Waals surface area contributed by atoms with E-state index in [4.69, 9.17) is 0 Å². The average Bonchev–Trinajstić information content (AvgIpc) is 3.23. The van der Waals surface area contributed by atoms with Crippen LogP contribution in [0.2, 0.25) is 0 Å². The lowest BCUT2D eigenvalue weighted by molar-refractivity contribution is 0.383. The molecule has 1 saturated heterocycles. The summed E-state index contributed by atoms with van der Waals surface area (Å²) in [5, 5.41) is 0. The van der Waals surface area contributed by atoms with Crippen LogP contribution in [0.15, 0.2) is 54.2 Å². The fraction of sp³-hybridized carbons (Fsp3) is 0.278. The lowest BCUT2D eigenvalue weighted by atomic mass is 10.2. The Hall–Kier alpha value is -2.85. The zero-order valence-electron chi connectivity index (χ0n) is 15.2. The highest BCUT2D eigenvalue weighted by molar-refractivity contribution is 7.89. The zero-order valence-corrected chi connectivity index (χ0v) is 16.0. The molecule has 0 unspecified atom stereocenters. The molecule has 0 bridgehead atoms. The van der Waals surface area contributed by atoms with E-state index >= 15 is 0 Å². The molecule has 0 amide bonds. The third kappa shape index (κ3) is 3.48. The van der Waals surface area contributed by atoms with Crippen molar-refractivity contribution in [2.45, 2.75) is 11.8 Å². The van der Waals surface area contributed by atoms with Gasteiger partial charge in [0.1, 0.15) is 30.1 Å². The Labute approximate surface area is 162 Å². The highest BCUT2D eigenvalue weighted by Crippen LogP contribution is 2.23. The highest BCUT2D eigenvalue weighted by atomic mass is 32.2. The standard InChI is InChI=1S/C18H19FN6O2S/c1-14-10-15(19)2-3-16(14)28(26,27)25-8-6-23(7-9-25)17-11-18(22-12-21-17)24-5-4-20-13-24/h2-5,10-13H,6-9H2,1H3. The van der Waals surface area contributed by atoms with Crippen LogP contribution in [-0.2, 0) is 10.0 Å². The summed E-state index contributed by atoms with van der Waals surface area (Å²) in [6, 6.07) is 5.58. The molecule has 8 nitrogen and oxygen atoms in total. The summed E-state index contributed by atoms with van der Waals surface area (Å²) in [6.45, 7) is 3.25. The fourth-order valence-electron chi connectivity index (χ4n) is 3.24. The van der Waals surface area contributed by atoms with E-state index in [2.05, 4.69) is 15.0 Å². The minimum atomic E-state index is -3.66. The van der Waals surface area contributed by atoms with Gasteiger partial charge in [-0.2, -0.15) is 4.31 Å². The van der Waals surface area contributed by atoms with Gasteiger partial charge in [-0.25, -0.2) is 27.8 Å². The van der Waals surface area contributed by atoms with Crippen LogP contribution in [0.25, 0.3) is 5.82 Å². The Balaban J connectivity index is 1.50. The topological polar surface area (TPSA) is 84.2 Å². The predicted octanol–water partition coefficient (Wildman–Crippen LogP) is 1.62. The molecule has 0 N–H and O–H groups in total. The van der Waals surface area contributed by atoms with Crippen molar-refractivity contribution >= 4 is 15.8 Å². The molecule has 28 heavy (non-hydrogen) atoms. The minimum Gasteiger partial charge on any atom is -0.354 e. The van der Waals surface area contributed by atoms with Crippen LogP contribution in [0.1, 0.15) is 5.56 Å². The number of anilines is 1. The van der Waals surface area contributed by atoms with Gasteiger partial charge in [-0.15, -0.1) is 0 Å². The first-order chi connectivity index (χ1) is 13.4. The molecule has 10 heteroatoms. The Morgan fingerprint density at radius 1 is 1.04 bits per heavy atom. The molecule has 0 radical (unpaired) electrons. The monoisotopic (exact) mass is 402 g/mol. The van der Waals surface area contributed by atoms with Crippen LogP contribution < -0.4 is 4.90 Å². The number of aryl methyl sites for hydroxylation is 1. The molecule has 4 rings (SSSR count). The Kier molecular flexibility index (Phi) is 4.82. The molecule has 1 aromatic carbocycles. The maximum Gasteiger partial charge on any atom is 0.243 e. The van der Waals surface area contributed by atoms with Gasteiger partial charge in [0.25, 0.3) is 0 Å². The molecule has 1 aliphatic heterocycles. The summed E-state index contributed by atoms with van der Waals surface area (Å²) in [5.74, 6) is 0.979. The summed E-state index contributed by atoms with van der Waals surface area (Å²) in [6.07, 6.45) is 6.60. The molecule has 1 aliphatic rings. The number of imidazole rings is 1. The van der Waals surface area contributed by atoms with Crippen molar-refractivity contribution in [1.82, 2.24) is 23.8 Å². The number of hydrogen-bond donors (Lipinski definition) is 0. The largest absolute Gasteiger partial charge is 0.354 e. The van der Waals surface area contributed by atoms with E-state index in [0.717, 1.165) is 5.82 Å². The van der Waals surface area contributed by atoms with Gasteiger partial charge in [-0.1, -0.05) is 0 Å². The normalized spacial score (nSPS) is 15.7. The molecule has 1 fully saturated rings. The van der Waals surface area contributed by atoms with Gasteiger partial charge in [0.2, 0.25) is 10.0 Å². The smallest absolute Gasteiger partial charge is 0.243 e. The summed E-state index contributed by atoms with van der Waals surface area (Å²) in [4.78, 5) is 14.7. The van der Waals surface area contributed by atoms with E-state index in [1.54, 1.807) is 30.2 Å². The maximum absolute atomic E-state index is 13.3. The van der Waals surface area contributed by atoms with Gasteiger partial charge in [-0.3, -0.25) is 4.57 Å². The van der Waals surface area contributed by atoms with Gasteiger partial charge in [-0.05, 0) is 30.7 Å². The summed E-state index contributed by atoms with van der Waals surface area (Å²) < 4.78 is 42.4. The van der Waals surface area contributed by atoms with Gasteiger partial charge < -0.3 is 4.90 Å². The second-order valence-corrected chi connectivity index (χ2v) is 8.41. The first-order valence-electron chi connectivity index (χ1n) is 8.77. The molecule has 0 spiro atoms. The van der Waals surface area contributed by atoms with Crippen LogP contribution in [0.3, 0.4) is 0 Å². The first-order valence-corrected chi connectivity index (χ1v) is 10.2. The lowest BCUT2D eigenvalue weighted by Crippen LogP contribution is -2.49. The van der Waals surface area contributed by atoms with E-state index in [1.165, 1.54) is 28.8 Å². The molecule has 0 aliphatic carbocycles. The van der Waals surface area contributed by atoms with E-state index in [9.17, 15) is 12.8 Å². The Morgan fingerprint density at radius 2 is 1.79 bits per heavy atom. The molecule has 2 aromatic heterocycles. The zero-order chi connectivity index (χ0) is 19.7. The van der Waals surface area contributed by atoms with Crippen LogP contribution in [0, 0.1) is 12.7 Å². The predicted molar refractivity (Wildman–Crippen MR) is 101 cm³/mol. The second kappa shape index (κ2) is 7.28. The minimum absolute atomic E-state index is 0.145. The molecule has 3 heterocycles. The van der Waals surface area contributed by atoms with Crippen molar-refractivity contribution in [3.63, 3.8) is 0 Å².